The van der Waals surface area contributed by atoms with Gasteiger partial charge in [0.25, 0.3) is 0 Å². The van der Waals surface area contributed by atoms with Crippen molar-refractivity contribution >= 4 is 60.2 Å². The molecule has 304 valence electrons. The quantitative estimate of drug-likeness (QED) is 0.138. The Bertz CT molecular complexity index is 3690. The molecule has 1 heteroatoms. The Morgan fingerprint density at radius 1 is 0.215 bits per heavy atom. The van der Waals surface area contributed by atoms with Crippen molar-refractivity contribution in [2.24, 2.45) is 0 Å². The Morgan fingerprint density at radius 2 is 0.723 bits per heavy atom. The van der Waals surface area contributed by atoms with Gasteiger partial charge in [0.15, 0.2) is 0 Å². The van der Waals surface area contributed by atoms with Gasteiger partial charge in [-0.2, -0.15) is 0 Å². The summed E-state index contributed by atoms with van der Waals surface area (Å²) in [7, 11) is 0. The molecule has 0 atom stereocenters. The zero-order valence-corrected chi connectivity index (χ0v) is 35.8. The van der Waals surface area contributed by atoms with E-state index in [0.29, 0.717) is 0 Å². The Labute approximate surface area is 379 Å². The summed E-state index contributed by atoms with van der Waals surface area (Å²) in [6.45, 7) is 0. The van der Waals surface area contributed by atoms with E-state index in [0.717, 1.165) is 17.1 Å². The monoisotopic (exact) mass is 825 g/mol. The highest BCUT2D eigenvalue weighted by molar-refractivity contribution is 6.22. The van der Waals surface area contributed by atoms with Crippen LogP contribution in [-0.2, 0) is 0 Å². The Balaban J connectivity index is 1.03. The number of hydrogen-bond donors (Lipinski definition) is 0. The van der Waals surface area contributed by atoms with Gasteiger partial charge in [0.2, 0.25) is 0 Å². The molecule has 0 spiro atoms. The van der Waals surface area contributed by atoms with E-state index in [1.165, 1.54) is 98.7 Å². The number of nitrogens with zero attached hydrogens (tertiary/aromatic N) is 1. The van der Waals surface area contributed by atoms with Crippen LogP contribution >= 0.6 is 0 Å². The van der Waals surface area contributed by atoms with Crippen molar-refractivity contribution < 1.29 is 0 Å². The maximum atomic E-state index is 2.43. The van der Waals surface area contributed by atoms with Gasteiger partial charge < -0.3 is 4.90 Å². The molecule has 0 aliphatic carbocycles. The molecule has 0 amide bonds. The fourth-order valence-electron chi connectivity index (χ4n) is 9.95. The third-order valence-corrected chi connectivity index (χ3v) is 13.0. The van der Waals surface area contributed by atoms with Gasteiger partial charge in [-0.15, -0.1) is 0 Å². The van der Waals surface area contributed by atoms with Crippen molar-refractivity contribution in [3.63, 3.8) is 0 Å². The van der Waals surface area contributed by atoms with Crippen molar-refractivity contribution in [2.45, 2.75) is 0 Å². The maximum Gasteiger partial charge on any atom is 0.0540 e. The lowest BCUT2D eigenvalue weighted by molar-refractivity contribution is 1.30. The van der Waals surface area contributed by atoms with Crippen molar-refractivity contribution in [3.05, 3.63) is 261 Å². The van der Waals surface area contributed by atoms with Crippen LogP contribution in [-0.4, -0.2) is 0 Å². The molecule has 0 fully saturated rings. The van der Waals surface area contributed by atoms with Crippen LogP contribution in [0.15, 0.2) is 261 Å². The smallest absolute Gasteiger partial charge is 0.0540 e. The highest BCUT2D eigenvalue weighted by Crippen LogP contribution is 2.47. The van der Waals surface area contributed by atoms with Crippen LogP contribution in [0.5, 0.6) is 0 Å². The topological polar surface area (TPSA) is 3.24 Å². The highest BCUT2D eigenvalue weighted by atomic mass is 15.1. The van der Waals surface area contributed by atoms with Crippen LogP contribution in [0.4, 0.5) is 17.1 Å². The summed E-state index contributed by atoms with van der Waals surface area (Å²) >= 11 is 0. The fraction of sp³-hybridized carbons (Fsp3) is 0. The Kier molecular flexibility index (Phi) is 9.58. The number of hydrogen-bond acceptors (Lipinski definition) is 1. The molecule has 0 saturated carbocycles. The second-order valence-corrected chi connectivity index (χ2v) is 16.8. The van der Waals surface area contributed by atoms with E-state index in [1.54, 1.807) is 0 Å². The molecule has 0 aliphatic rings. The molecule has 0 saturated heterocycles. The lowest BCUT2D eigenvalue weighted by Crippen LogP contribution is -2.10. The molecule has 0 unspecified atom stereocenters. The molecule has 1 nitrogen and oxygen atoms in total. The first-order valence-electron chi connectivity index (χ1n) is 22.4. The molecule has 0 bridgehead atoms. The van der Waals surface area contributed by atoms with Gasteiger partial charge in [-0.05, 0) is 136 Å². The molecule has 12 rings (SSSR count). The lowest BCUT2D eigenvalue weighted by Gasteiger charge is -2.28. The molecular weight excluding hydrogens is 783 g/mol. The van der Waals surface area contributed by atoms with Gasteiger partial charge in [0, 0.05) is 16.8 Å². The van der Waals surface area contributed by atoms with E-state index < -0.39 is 0 Å². The predicted molar refractivity (Wildman–Crippen MR) is 278 cm³/mol. The second-order valence-electron chi connectivity index (χ2n) is 16.8. The van der Waals surface area contributed by atoms with Gasteiger partial charge >= 0.3 is 0 Å². The van der Waals surface area contributed by atoms with E-state index in [9.17, 15) is 0 Å². The summed E-state index contributed by atoms with van der Waals surface area (Å²) in [4.78, 5) is 2.43. The van der Waals surface area contributed by atoms with Gasteiger partial charge in [-0.1, -0.05) is 218 Å². The minimum Gasteiger partial charge on any atom is -0.310 e. The van der Waals surface area contributed by atoms with Crippen molar-refractivity contribution in [2.75, 3.05) is 4.90 Å². The van der Waals surface area contributed by atoms with E-state index in [-0.39, 0.29) is 0 Å². The van der Waals surface area contributed by atoms with Gasteiger partial charge in [-0.25, -0.2) is 0 Å². The molecule has 0 heterocycles. The van der Waals surface area contributed by atoms with Gasteiger partial charge in [0.1, 0.15) is 0 Å². The molecule has 0 radical (unpaired) electrons. The number of rotatable bonds is 8. The zero-order valence-electron chi connectivity index (χ0n) is 35.8. The Morgan fingerprint density at radius 3 is 1.45 bits per heavy atom. The SMILES string of the molecule is c1ccc(-c2ccc(N(c3ccc(-c4ccc5c(c4)c(-c4ccccc4)c(-c4ccccc4)c4ccccc45)cc3)c3cccc(-c4ccc5ccccc5c4)c3)c3ccccc23)cc1. The summed E-state index contributed by atoms with van der Waals surface area (Å²) in [6.07, 6.45) is 0. The van der Waals surface area contributed by atoms with Crippen molar-refractivity contribution in [1.82, 2.24) is 0 Å². The van der Waals surface area contributed by atoms with E-state index in [4.69, 9.17) is 0 Å². The summed E-state index contributed by atoms with van der Waals surface area (Å²) in [5.74, 6) is 0. The van der Waals surface area contributed by atoms with Crippen LogP contribution in [0.3, 0.4) is 0 Å². The number of benzene rings is 12. The van der Waals surface area contributed by atoms with E-state index in [1.807, 2.05) is 0 Å². The van der Waals surface area contributed by atoms with Crippen LogP contribution < -0.4 is 4.90 Å². The predicted octanol–water partition coefficient (Wildman–Crippen LogP) is 18.1. The van der Waals surface area contributed by atoms with Crippen molar-refractivity contribution in [3.8, 4) is 55.6 Å². The summed E-state index contributed by atoms with van der Waals surface area (Å²) in [6, 6.07) is 95.3. The average Bonchev–Trinajstić information content (AvgIpc) is 3.39. The van der Waals surface area contributed by atoms with E-state index >= 15 is 0 Å². The molecule has 65 heavy (non-hydrogen) atoms. The first-order valence-corrected chi connectivity index (χ1v) is 22.4. The molecule has 12 aromatic rings. The molecule has 0 aromatic heterocycles. The maximum absolute atomic E-state index is 2.43. The van der Waals surface area contributed by atoms with Crippen LogP contribution in [0.1, 0.15) is 0 Å². The normalized spacial score (nSPS) is 11.4. The largest absolute Gasteiger partial charge is 0.310 e. The summed E-state index contributed by atoms with van der Waals surface area (Å²) in [5.41, 5.74) is 15.4. The standard InChI is InChI=1S/C64H43N/c1-4-18-46(19-5-1)55-39-40-62(59-29-14-12-27-56(55)59)65(54-26-16-25-50(42-54)51-32-31-44-17-10-11-24-49(44)41-51)53-36-33-45(34-37-53)52-35-38-58-57-28-13-15-30-60(57)63(47-20-6-2-7-21-47)64(61(58)43-52)48-22-8-3-9-23-48/h1-43H. The van der Waals surface area contributed by atoms with Crippen LogP contribution in [0, 0.1) is 0 Å². The first kappa shape index (κ1) is 38.2. The number of anilines is 3. The van der Waals surface area contributed by atoms with Crippen molar-refractivity contribution in [1.29, 1.82) is 0 Å². The van der Waals surface area contributed by atoms with Gasteiger partial charge in [-0.3, -0.25) is 0 Å². The molecule has 12 aromatic carbocycles. The van der Waals surface area contributed by atoms with Gasteiger partial charge in [0.05, 0.1) is 5.69 Å². The Hall–Kier alpha value is -8.52. The summed E-state index contributed by atoms with van der Waals surface area (Å²) in [5, 5.41) is 9.91. The zero-order chi connectivity index (χ0) is 43.1. The molecule has 0 aliphatic heterocycles. The summed E-state index contributed by atoms with van der Waals surface area (Å²) < 4.78 is 0. The van der Waals surface area contributed by atoms with Crippen LogP contribution in [0.2, 0.25) is 0 Å². The highest BCUT2D eigenvalue weighted by Gasteiger charge is 2.21. The minimum atomic E-state index is 1.09. The van der Waals surface area contributed by atoms with Crippen LogP contribution in [0.25, 0.3) is 98.7 Å². The molecule has 0 N–H and O–H groups in total. The fourth-order valence-corrected chi connectivity index (χ4v) is 9.95. The first-order chi connectivity index (χ1) is 32.2. The minimum absolute atomic E-state index is 1.09. The third kappa shape index (κ3) is 6.92. The second kappa shape index (κ2) is 16.3. The lowest BCUT2D eigenvalue weighted by atomic mass is 9.84. The third-order valence-electron chi connectivity index (χ3n) is 13.0. The molecular formula is C64H43N. The number of fused-ring (bicyclic) bond motifs is 5. The average molecular weight is 826 g/mol. The van der Waals surface area contributed by atoms with E-state index in [2.05, 4.69) is 266 Å².